The molecule has 0 saturated carbocycles. The Bertz CT molecular complexity index is 1640. The second-order valence-corrected chi connectivity index (χ2v) is 7.67. The molecule has 0 fully saturated rings. The average Bonchev–Trinajstić information content (AvgIpc) is 2.83. The van der Waals surface area contributed by atoms with Crippen molar-refractivity contribution in [2.45, 2.75) is 0 Å². The standard InChI is InChI=1S/C26H9F9/c27-13-5-6-14(28)22-20(23-25(34)17(31)9-18(32)26(23)35)12-4-2-1-3-11(12)19(21(13)22)10-7-15(29)24(33)16(30)8-10/h1-9H. The summed E-state index contributed by atoms with van der Waals surface area (Å²) in [5.74, 6) is -14.7. The van der Waals surface area contributed by atoms with Gasteiger partial charge in [0, 0.05) is 28.0 Å². The fourth-order valence-electron chi connectivity index (χ4n) is 4.28. The molecule has 35 heavy (non-hydrogen) atoms. The number of fused-ring (bicyclic) bond motifs is 2. The van der Waals surface area contributed by atoms with Gasteiger partial charge in [-0.15, -0.1) is 0 Å². The number of halogens is 9. The lowest BCUT2D eigenvalue weighted by molar-refractivity contribution is 0.448. The molecule has 0 aliphatic heterocycles. The van der Waals surface area contributed by atoms with Crippen molar-refractivity contribution in [3.8, 4) is 22.3 Å². The van der Waals surface area contributed by atoms with Crippen molar-refractivity contribution < 1.29 is 39.5 Å². The third kappa shape index (κ3) is 3.33. The summed E-state index contributed by atoms with van der Waals surface area (Å²) in [6, 6.07) is 7.54. The Balaban J connectivity index is 2.11. The highest BCUT2D eigenvalue weighted by Gasteiger charge is 2.28. The van der Waals surface area contributed by atoms with Crippen molar-refractivity contribution in [3.05, 3.63) is 107 Å². The smallest absolute Gasteiger partial charge is 0.194 e. The zero-order chi connectivity index (χ0) is 25.2. The Morgan fingerprint density at radius 3 is 1.31 bits per heavy atom. The molecular formula is C26H9F9. The summed E-state index contributed by atoms with van der Waals surface area (Å²) < 4.78 is 130. The Morgan fingerprint density at radius 1 is 0.371 bits per heavy atom. The third-order valence-corrected chi connectivity index (χ3v) is 5.70. The summed E-state index contributed by atoms with van der Waals surface area (Å²) >= 11 is 0. The Morgan fingerprint density at radius 2 is 0.800 bits per heavy atom. The Hall–Kier alpha value is -4.01. The van der Waals surface area contributed by atoms with Gasteiger partial charge in [0.1, 0.15) is 11.6 Å². The molecule has 5 rings (SSSR count). The van der Waals surface area contributed by atoms with E-state index in [1.807, 2.05) is 0 Å². The van der Waals surface area contributed by atoms with Gasteiger partial charge in [0.15, 0.2) is 40.7 Å². The number of hydrogen-bond acceptors (Lipinski definition) is 0. The van der Waals surface area contributed by atoms with E-state index >= 15 is 8.78 Å². The molecule has 0 atom stereocenters. The molecule has 0 saturated heterocycles. The summed E-state index contributed by atoms with van der Waals surface area (Å²) in [5.41, 5.74) is -2.75. The van der Waals surface area contributed by atoms with Crippen LogP contribution >= 0.6 is 0 Å². The summed E-state index contributed by atoms with van der Waals surface area (Å²) in [5, 5.41) is -1.81. The van der Waals surface area contributed by atoms with Gasteiger partial charge in [-0.1, -0.05) is 24.3 Å². The molecule has 5 aromatic rings. The van der Waals surface area contributed by atoms with Gasteiger partial charge in [-0.2, -0.15) is 0 Å². The van der Waals surface area contributed by atoms with Crippen LogP contribution in [-0.4, -0.2) is 0 Å². The van der Waals surface area contributed by atoms with E-state index in [9.17, 15) is 30.7 Å². The molecule has 0 heterocycles. The van der Waals surface area contributed by atoms with Gasteiger partial charge < -0.3 is 0 Å². The van der Waals surface area contributed by atoms with Gasteiger partial charge in [0.05, 0.1) is 5.56 Å². The van der Waals surface area contributed by atoms with E-state index < -0.39 is 79.8 Å². The molecule has 0 bridgehead atoms. The first-order chi connectivity index (χ1) is 16.6. The van der Waals surface area contributed by atoms with Crippen molar-refractivity contribution in [1.29, 1.82) is 0 Å². The fourth-order valence-corrected chi connectivity index (χ4v) is 4.28. The van der Waals surface area contributed by atoms with Crippen molar-refractivity contribution in [2.24, 2.45) is 0 Å². The molecule has 0 aromatic heterocycles. The maximum Gasteiger partial charge on any atom is 0.194 e. The summed E-state index contributed by atoms with van der Waals surface area (Å²) in [4.78, 5) is 0. The highest BCUT2D eigenvalue weighted by atomic mass is 19.2. The maximum atomic E-state index is 15.2. The highest BCUT2D eigenvalue weighted by molar-refractivity contribution is 6.21. The molecule has 5 aromatic carbocycles. The molecule has 0 N–H and O–H groups in total. The van der Waals surface area contributed by atoms with Crippen LogP contribution in [-0.2, 0) is 0 Å². The average molecular weight is 492 g/mol. The summed E-state index contributed by atoms with van der Waals surface area (Å²) in [6.45, 7) is 0. The molecular weight excluding hydrogens is 483 g/mol. The minimum absolute atomic E-state index is 0.0338. The molecule has 0 amide bonds. The predicted octanol–water partition coefficient (Wildman–Crippen LogP) is 8.58. The number of benzene rings is 5. The van der Waals surface area contributed by atoms with E-state index in [1.54, 1.807) is 0 Å². The van der Waals surface area contributed by atoms with Crippen LogP contribution in [0.3, 0.4) is 0 Å². The van der Waals surface area contributed by atoms with Crippen LogP contribution in [0.1, 0.15) is 0 Å². The van der Waals surface area contributed by atoms with Crippen molar-refractivity contribution in [2.75, 3.05) is 0 Å². The minimum Gasteiger partial charge on any atom is -0.206 e. The fraction of sp³-hybridized carbons (Fsp3) is 0. The molecule has 0 nitrogen and oxygen atoms in total. The van der Waals surface area contributed by atoms with Crippen molar-refractivity contribution >= 4 is 21.5 Å². The molecule has 9 heteroatoms. The quantitative estimate of drug-likeness (QED) is 0.100. The largest absolute Gasteiger partial charge is 0.206 e. The SMILES string of the molecule is Fc1cc(-c2c3ccccc3c(-c3c(F)c(F)cc(F)c3F)c3c(F)ccc(F)c23)cc(F)c1F. The summed E-state index contributed by atoms with van der Waals surface area (Å²) in [7, 11) is 0. The van der Waals surface area contributed by atoms with Crippen LogP contribution in [0.15, 0.2) is 54.6 Å². The molecule has 0 spiro atoms. The van der Waals surface area contributed by atoms with Gasteiger partial charge >= 0.3 is 0 Å². The third-order valence-electron chi connectivity index (χ3n) is 5.70. The molecule has 176 valence electrons. The van der Waals surface area contributed by atoms with E-state index in [0.29, 0.717) is 24.3 Å². The minimum atomic E-state index is -1.86. The summed E-state index contributed by atoms with van der Waals surface area (Å²) in [6.07, 6.45) is 0. The highest BCUT2D eigenvalue weighted by Crippen LogP contribution is 2.47. The monoisotopic (exact) mass is 492 g/mol. The lowest BCUT2D eigenvalue weighted by Crippen LogP contribution is -2.02. The number of rotatable bonds is 2. The molecule has 0 unspecified atom stereocenters. The van der Waals surface area contributed by atoms with Gasteiger partial charge in [-0.3, -0.25) is 0 Å². The van der Waals surface area contributed by atoms with Crippen LogP contribution in [0.4, 0.5) is 39.5 Å². The molecule has 0 aliphatic rings. The first kappa shape index (κ1) is 22.8. The van der Waals surface area contributed by atoms with Crippen LogP contribution in [0, 0.1) is 52.4 Å². The zero-order valence-corrected chi connectivity index (χ0v) is 17.1. The van der Waals surface area contributed by atoms with Gasteiger partial charge in [-0.25, -0.2) is 39.5 Å². The second kappa shape index (κ2) is 8.04. The van der Waals surface area contributed by atoms with Gasteiger partial charge in [-0.05, 0) is 40.6 Å². The van der Waals surface area contributed by atoms with Crippen LogP contribution < -0.4 is 0 Å². The lowest BCUT2D eigenvalue weighted by atomic mass is 9.85. The molecule has 0 aliphatic carbocycles. The van der Waals surface area contributed by atoms with Gasteiger partial charge in [0.25, 0.3) is 0 Å². The van der Waals surface area contributed by atoms with E-state index in [1.165, 1.54) is 24.3 Å². The first-order valence-corrected chi connectivity index (χ1v) is 9.92. The second-order valence-electron chi connectivity index (χ2n) is 7.67. The van der Waals surface area contributed by atoms with Crippen molar-refractivity contribution in [3.63, 3.8) is 0 Å². The Kier molecular flexibility index (Phi) is 5.23. The maximum absolute atomic E-state index is 15.2. The van der Waals surface area contributed by atoms with Crippen LogP contribution in [0.5, 0.6) is 0 Å². The van der Waals surface area contributed by atoms with Crippen LogP contribution in [0.2, 0.25) is 0 Å². The zero-order valence-electron chi connectivity index (χ0n) is 17.1. The van der Waals surface area contributed by atoms with Gasteiger partial charge in [0.2, 0.25) is 0 Å². The van der Waals surface area contributed by atoms with Crippen molar-refractivity contribution in [1.82, 2.24) is 0 Å². The normalized spacial score (nSPS) is 11.6. The lowest BCUT2D eigenvalue weighted by Gasteiger charge is -2.19. The van der Waals surface area contributed by atoms with E-state index in [2.05, 4.69) is 0 Å². The predicted molar refractivity (Wildman–Crippen MR) is 112 cm³/mol. The van der Waals surface area contributed by atoms with E-state index in [0.717, 1.165) is 0 Å². The van der Waals surface area contributed by atoms with E-state index in [-0.39, 0.29) is 22.4 Å². The number of hydrogen-bond donors (Lipinski definition) is 0. The Labute approximate surface area is 190 Å². The topological polar surface area (TPSA) is 0 Å². The first-order valence-electron chi connectivity index (χ1n) is 9.92. The molecule has 0 radical (unpaired) electrons. The van der Waals surface area contributed by atoms with E-state index in [4.69, 9.17) is 0 Å². The van der Waals surface area contributed by atoms with Crippen LogP contribution in [0.25, 0.3) is 43.8 Å².